The zero-order valence-corrected chi connectivity index (χ0v) is 5.56. The summed E-state index contributed by atoms with van der Waals surface area (Å²) >= 11 is 0. The molecule has 1 aromatic rings. The lowest BCUT2D eigenvalue weighted by atomic mass is 10.4. The number of aromatic nitrogens is 2. The average molecular weight is 142 g/mol. The van der Waals surface area contributed by atoms with Crippen LogP contribution in [0, 0.1) is 0 Å². The fourth-order valence-electron chi connectivity index (χ4n) is 0.790. The molecule has 1 heterocycles. The van der Waals surface area contributed by atoms with E-state index in [2.05, 4.69) is 5.10 Å². The van der Waals surface area contributed by atoms with Crippen LogP contribution in [-0.4, -0.2) is 26.6 Å². The molecule has 0 atom stereocenters. The molecule has 10 heavy (non-hydrogen) atoms. The Morgan fingerprint density at radius 3 is 2.90 bits per heavy atom. The molecule has 0 unspecified atom stereocenters. The van der Waals surface area contributed by atoms with Gasteiger partial charge < -0.3 is 10.2 Å². The molecule has 0 fully saturated rings. The summed E-state index contributed by atoms with van der Waals surface area (Å²) in [4.78, 5) is 0. The van der Waals surface area contributed by atoms with Crippen molar-refractivity contribution in [3.63, 3.8) is 0 Å². The fourth-order valence-corrected chi connectivity index (χ4v) is 0.790. The van der Waals surface area contributed by atoms with Gasteiger partial charge in [-0.05, 0) is 6.07 Å². The normalized spacial score (nSPS) is 10.2. The Morgan fingerprint density at radius 2 is 2.30 bits per heavy atom. The second-order valence-electron chi connectivity index (χ2n) is 1.93. The first-order valence-electron chi connectivity index (χ1n) is 3.11. The molecule has 0 saturated heterocycles. The summed E-state index contributed by atoms with van der Waals surface area (Å²) in [6, 6.07) is 1.72. The molecule has 0 aromatic carbocycles. The van der Waals surface area contributed by atoms with Crippen molar-refractivity contribution in [2.75, 3.05) is 6.61 Å². The molecule has 0 aliphatic rings. The quantitative estimate of drug-likeness (QED) is 0.590. The molecular formula is C6H10N2O2. The molecule has 0 amide bonds. The summed E-state index contributed by atoms with van der Waals surface area (Å²) in [6.45, 7) is 0.470. The standard InChI is InChI=1S/C6H10N2O2/c9-4-3-8-6(5-10)1-2-7-8/h1-2,9-10H,3-5H2. The molecule has 1 rings (SSSR count). The molecule has 1 aromatic heterocycles. The van der Waals surface area contributed by atoms with Crippen LogP contribution in [0.1, 0.15) is 5.69 Å². The van der Waals surface area contributed by atoms with Crippen LogP contribution in [0.4, 0.5) is 0 Å². The van der Waals surface area contributed by atoms with E-state index in [9.17, 15) is 0 Å². The third-order valence-electron chi connectivity index (χ3n) is 1.28. The van der Waals surface area contributed by atoms with Gasteiger partial charge in [-0.3, -0.25) is 4.68 Å². The van der Waals surface area contributed by atoms with Gasteiger partial charge in [-0.2, -0.15) is 5.10 Å². The van der Waals surface area contributed by atoms with Gasteiger partial charge in [-0.15, -0.1) is 0 Å². The molecule has 0 aliphatic heterocycles. The SMILES string of the molecule is OCCn1nccc1CO. The average Bonchev–Trinajstić information content (AvgIpc) is 2.36. The molecule has 0 radical (unpaired) electrons. The Labute approximate surface area is 58.7 Å². The second-order valence-corrected chi connectivity index (χ2v) is 1.93. The van der Waals surface area contributed by atoms with E-state index < -0.39 is 0 Å². The predicted octanol–water partition coefficient (Wildman–Crippen LogP) is -0.632. The van der Waals surface area contributed by atoms with Crippen LogP contribution in [-0.2, 0) is 13.2 Å². The van der Waals surface area contributed by atoms with Crippen molar-refractivity contribution in [1.82, 2.24) is 9.78 Å². The van der Waals surface area contributed by atoms with Crippen molar-refractivity contribution in [2.24, 2.45) is 0 Å². The molecule has 0 saturated carbocycles. The molecular weight excluding hydrogens is 132 g/mol. The minimum absolute atomic E-state index is 0.0278. The predicted molar refractivity (Wildman–Crippen MR) is 35.2 cm³/mol. The highest BCUT2D eigenvalue weighted by atomic mass is 16.3. The molecule has 4 heteroatoms. The zero-order valence-electron chi connectivity index (χ0n) is 5.56. The van der Waals surface area contributed by atoms with Gasteiger partial charge in [-0.1, -0.05) is 0 Å². The number of hydrogen-bond acceptors (Lipinski definition) is 3. The highest BCUT2D eigenvalue weighted by Crippen LogP contribution is 1.96. The molecule has 0 spiro atoms. The maximum Gasteiger partial charge on any atom is 0.0849 e. The van der Waals surface area contributed by atoms with Crippen molar-refractivity contribution in [2.45, 2.75) is 13.2 Å². The molecule has 56 valence electrons. The van der Waals surface area contributed by atoms with Crippen LogP contribution in [0.15, 0.2) is 12.3 Å². The van der Waals surface area contributed by atoms with E-state index in [1.54, 1.807) is 16.9 Å². The monoisotopic (exact) mass is 142 g/mol. The Hall–Kier alpha value is -0.870. The Bertz CT molecular complexity index is 197. The summed E-state index contributed by atoms with van der Waals surface area (Å²) in [6.07, 6.45) is 1.60. The second kappa shape index (κ2) is 3.34. The van der Waals surface area contributed by atoms with Crippen LogP contribution in [0.3, 0.4) is 0 Å². The number of nitrogens with zero attached hydrogens (tertiary/aromatic N) is 2. The van der Waals surface area contributed by atoms with E-state index in [0.717, 1.165) is 5.69 Å². The van der Waals surface area contributed by atoms with Crippen molar-refractivity contribution in [3.05, 3.63) is 18.0 Å². The summed E-state index contributed by atoms with van der Waals surface area (Å²) in [5.41, 5.74) is 0.731. The van der Waals surface area contributed by atoms with Gasteiger partial charge in [-0.25, -0.2) is 0 Å². The van der Waals surface area contributed by atoms with Crippen LogP contribution >= 0.6 is 0 Å². The number of aliphatic hydroxyl groups is 2. The molecule has 0 aliphatic carbocycles. The number of hydrogen-bond donors (Lipinski definition) is 2. The smallest absolute Gasteiger partial charge is 0.0849 e. The molecule has 0 bridgehead atoms. The third-order valence-corrected chi connectivity index (χ3v) is 1.28. The first-order valence-corrected chi connectivity index (χ1v) is 3.11. The lowest BCUT2D eigenvalue weighted by Crippen LogP contribution is -2.07. The fraction of sp³-hybridized carbons (Fsp3) is 0.500. The number of rotatable bonds is 3. The highest BCUT2D eigenvalue weighted by Gasteiger charge is 1.97. The molecule has 2 N–H and O–H groups in total. The van der Waals surface area contributed by atoms with Gasteiger partial charge in [0.2, 0.25) is 0 Å². The van der Waals surface area contributed by atoms with Gasteiger partial charge in [0, 0.05) is 6.20 Å². The minimum Gasteiger partial charge on any atom is -0.394 e. The van der Waals surface area contributed by atoms with Gasteiger partial charge in [0.1, 0.15) is 0 Å². The maximum atomic E-state index is 8.69. The summed E-state index contributed by atoms with van der Waals surface area (Å²) in [5.74, 6) is 0. The Kier molecular flexibility index (Phi) is 2.42. The van der Waals surface area contributed by atoms with E-state index in [0.29, 0.717) is 6.54 Å². The Balaban J connectivity index is 2.70. The van der Waals surface area contributed by atoms with Crippen molar-refractivity contribution >= 4 is 0 Å². The van der Waals surface area contributed by atoms with Gasteiger partial charge in [0.25, 0.3) is 0 Å². The van der Waals surface area contributed by atoms with Crippen molar-refractivity contribution in [1.29, 1.82) is 0 Å². The topological polar surface area (TPSA) is 58.3 Å². The van der Waals surface area contributed by atoms with E-state index in [4.69, 9.17) is 10.2 Å². The molecule has 4 nitrogen and oxygen atoms in total. The largest absolute Gasteiger partial charge is 0.394 e. The number of aliphatic hydroxyl groups excluding tert-OH is 2. The highest BCUT2D eigenvalue weighted by molar-refractivity contribution is 4.97. The van der Waals surface area contributed by atoms with Crippen molar-refractivity contribution < 1.29 is 10.2 Å². The van der Waals surface area contributed by atoms with E-state index in [-0.39, 0.29) is 13.2 Å². The van der Waals surface area contributed by atoms with Crippen LogP contribution in [0.2, 0.25) is 0 Å². The first kappa shape index (κ1) is 7.24. The van der Waals surface area contributed by atoms with Crippen LogP contribution in [0.5, 0.6) is 0 Å². The Morgan fingerprint density at radius 1 is 1.50 bits per heavy atom. The first-order chi connectivity index (χ1) is 4.88. The van der Waals surface area contributed by atoms with E-state index in [1.807, 2.05) is 0 Å². The maximum absolute atomic E-state index is 8.69. The van der Waals surface area contributed by atoms with Crippen molar-refractivity contribution in [3.8, 4) is 0 Å². The van der Waals surface area contributed by atoms with Gasteiger partial charge >= 0.3 is 0 Å². The summed E-state index contributed by atoms with van der Waals surface area (Å²) in [5, 5.41) is 21.1. The lowest BCUT2D eigenvalue weighted by Gasteiger charge is -2.00. The lowest BCUT2D eigenvalue weighted by molar-refractivity contribution is 0.244. The van der Waals surface area contributed by atoms with E-state index in [1.165, 1.54) is 0 Å². The zero-order chi connectivity index (χ0) is 7.40. The minimum atomic E-state index is -0.0278. The van der Waals surface area contributed by atoms with Crippen LogP contribution < -0.4 is 0 Å². The summed E-state index contributed by atoms with van der Waals surface area (Å²) in [7, 11) is 0. The van der Waals surface area contributed by atoms with Crippen LogP contribution in [0.25, 0.3) is 0 Å². The van der Waals surface area contributed by atoms with Gasteiger partial charge in [0.15, 0.2) is 0 Å². The third kappa shape index (κ3) is 1.34. The van der Waals surface area contributed by atoms with Gasteiger partial charge in [0.05, 0.1) is 25.5 Å². The van der Waals surface area contributed by atoms with E-state index >= 15 is 0 Å². The summed E-state index contributed by atoms with van der Waals surface area (Å²) < 4.78 is 1.57.